The van der Waals surface area contributed by atoms with Crippen LogP contribution in [0.4, 0.5) is 0 Å². The third-order valence-electron chi connectivity index (χ3n) is 3.96. The smallest absolute Gasteiger partial charge is 0.0609 e. The van der Waals surface area contributed by atoms with Gasteiger partial charge in [0.1, 0.15) is 0 Å². The zero-order chi connectivity index (χ0) is 13.1. The molecule has 1 nitrogen and oxygen atoms in total. The minimum absolute atomic E-state index is 0.302. The Hall–Kier alpha value is -0.240. The van der Waals surface area contributed by atoms with Gasteiger partial charge in [-0.3, -0.25) is 0 Å². The lowest BCUT2D eigenvalue weighted by Gasteiger charge is -2.30. The van der Waals surface area contributed by atoms with Gasteiger partial charge >= 0.3 is 0 Å². The lowest BCUT2D eigenvalue weighted by molar-refractivity contribution is 0.0720. The Morgan fingerprint density at radius 3 is 2.83 bits per heavy atom. The summed E-state index contributed by atoms with van der Waals surface area (Å²) in [4.78, 5) is 0. The van der Waals surface area contributed by atoms with Crippen molar-refractivity contribution in [2.75, 3.05) is 0 Å². The van der Waals surface area contributed by atoms with E-state index in [0.29, 0.717) is 22.4 Å². The summed E-state index contributed by atoms with van der Waals surface area (Å²) in [6.07, 6.45) is 5.08. The molecule has 0 saturated heterocycles. The van der Waals surface area contributed by atoms with E-state index in [0.717, 1.165) is 24.3 Å². The van der Waals surface area contributed by atoms with E-state index in [2.05, 4.69) is 6.92 Å². The molecule has 3 atom stereocenters. The molecule has 0 radical (unpaired) electrons. The molecule has 18 heavy (non-hydrogen) atoms. The Morgan fingerprint density at radius 2 is 2.11 bits per heavy atom. The van der Waals surface area contributed by atoms with Crippen LogP contribution < -0.4 is 0 Å². The molecule has 1 aromatic rings. The predicted octanol–water partition coefficient (Wildman–Crippen LogP) is 4.72. The molecule has 0 aromatic heterocycles. The Bertz CT molecular complexity index is 405. The standard InChI is InChI=1S/C15H20Cl2O/c1-10-3-2-4-11(7-10)15(18)9-12-8-13(16)5-6-14(12)17/h5-6,8,10-11,15,18H,2-4,7,9H2,1H3. The molecule has 100 valence electrons. The first kappa shape index (κ1) is 14.2. The average Bonchev–Trinajstić information content (AvgIpc) is 2.34. The van der Waals surface area contributed by atoms with Gasteiger partial charge in [0.15, 0.2) is 0 Å². The van der Waals surface area contributed by atoms with Crippen LogP contribution in [0.1, 0.15) is 38.2 Å². The van der Waals surface area contributed by atoms with Crippen molar-refractivity contribution in [3.63, 3.8) is 0 Å². The number of hydrogen-bond donors (Lipinski definition) is 1. The Balaban J connectivity index is 2.01. The summed E-state index contributed by atoms with van der Waals surface area (Å²) >= 11 is 12.1. The third kappa shape index (κ3) is 3.63. The van der Waals surface area contributed by atoms with E-state index in [1.807, 2.05) is 6.07 Å². The SMILES string of the molecule is CC1CCCC(C(O)Cc2cc(Cl)ccc2Cl)C1. The van der Waals surface area contributed by atoms with Crippen LogP contribution in [-0.2, 0) is 6.42 Å². The van der Waals surface area contributed by atoms with E-state index in [1.54, 1.807) is 12.1 Å². The molecular weight excluding hydrogens is 267 g/mol. The quantitative estimate of drug-likeness (QED) is 0.852. The Morgan fingerprint density at radius 1 is 1.33 bits per heavy atom. The fraction of sp³-hybridized carbons (Fsp3) is 0.600. The highest BCUT2D eigenvalue weighted by Crippen LogP contribution is 2.33. The first-order valence-electron chi connectivity index (χ1n) is 6.68. The van der Waals surface area contributed by atoms with Crippen LogP contribution in [0.2, 0.25) is 10.0 Å². The molecule has 1 aromatic carbocycles. The van der Waals surface area contributed by atoms with Crippen LogP contribution in [0, 0.1) is 11.8 Å². The van der Waals surface area contributed by atoms with Crippen molar-refractivity contribution >= 4 is 23.2 Å². The second-order valence-electron chi connectivity index (χ2n) is 5.54. The van der Waals surface area contributed by atoms with Crippen molar-refractivity contribution in [2.24, 2.45) is 11.8 Å². The van der Waals surface area contributed by atoms with Gasteiger partial charge in [-0.25, -0.2) is 0 Å². The van der Waals surface area contributed by atoms with Crippen LogP contribution >= 0.6 is 23.2 Å². The number of aliphatic hydroxyl groups is 1. The summed E-state index contributed by atoms with van der Waals surface area (Å²) in [5.74, 6) is 1.14. The summed E-state index contributed by atoms with van der Waals surface area (Å²) in [6.45, 7) is 2.27. The molecule has 2 rings (SSSR count). The fourth-order valence-corrected chi connectivity index (χ4v) is 3.31. The second-order valence-corrected chi connectivity index (χ2v) is 6.38. The van der Waals surface area contributed by atoms with Gasteiger partial charge in [-0.1, -0.05) is 43.0 Å². The van der Waals surface area contributed by atoms with Crippen LogP contribution in [0.25, 0.3) is 0 Å². The van der Waals surface area contributed by atoms with E-state index < -0.39 is 0 Å². The van der Waals surface area contributed by atoms with Gasteiger partial charge < -0.3 is 5.11 Å². The highest BCUT2D eigenvalue weighted by Gasteiger charge is 2.25. The van der Waals surface area contributed by atoms with Gasteiger partial charge in [0.2, 0.25) is 0 Å². The molecule has 3 heteroatoms. The van der Waals surface area contributed by atoms with Crippen LogP contribution in [0.3, 0.4) is 0 Å². The average molecular weight is 287 g/mol. The van der Waals surface area contributed by atoms with Crippen molar-refractivity contribution in [1.29, 1.82) is 0 Å². The van der Waals surface area contributed by atoms with Gasteiger partial charge in [0.05, 0.1) is 6.10 Å². The molecule has 3 unspecified atom stereocenters. The molecule has 0 amide bonds. The normalized spacial score (nSPS) is 26.0. The Kier molecular flexibility index (Phi) is 4.94. The van der Waals surface area contributed by atoms with Crippen LogP contribution in [0.15, 0.2) is 18.2 Å². The maximum atomic E-state index is 10.4. The second kappa shape index (κ2) is 6.27. The number of benzene rings is 1. The van der Waals surface area contributed by atoms with Gasteiger partial charge in [-0.05, 0) is 48.4 Å². The minimum Gasteiger partial charge on any atom is -0.392 e. The van der Waals surface area contributed by atoms with Crippen molar-refractivity contribution < 1.29 is 5.11 Å². The number of aliphatic hydroxyl groups excluding tert-OH is 1. The first-order valence-corrected chi connectivity index (χ1v) is 7.44. The van der Waals surface area contributed by atoms with E-state index in [1.165, 1.54) is 12.8 Å². The molecule has 1 aliphatic carbocycles. The summed E-state index contributed by atoms with van der Waals surface area (Å²) in [5.41, 5.74) is 0.954. The maximum Gasteiger partial charge on any atom is 0.0609 e. The highest BCUT2D eigenvalue weighted by atomic mass is 35.5. The first-order chi connectivity index (χ1) is 8.56. The molecule has 1 aliphatic rings. The van der Waals surface area contributed by atoms with Gasteiger partial charge in [0, 0.05) is 16.5 Å². The monoisotopic (exact) mass is 286 g/mol. The molecule has 0 heterocycles. The van der Waals surface area contributed by atoms with Crippen molar-refractivity contribution in [3.05, 3.63) is 33.8 Å². The number of hydrogen-bond acceptors (Lipinski definition) is 1. The van der Waals surface area contributed by atoms with Gasteiger partial charge in [0.25, 0.3) is 0 Å². The topological polar surface area (TPSA) is 20.2 Å². The highest BCUT2D eigenvalue weighted by molar-refractivity contribution is 6.33. The molecule has 0 spiro atoms. The molecule has 1 saturated carbocycles. The van der Waals surface area contributed by atoms with Gasteiger partial charge in [-0.15, -0.1) is 0 Å². The van der Waals surface area contributed by atoms with Crippen LogP contribution in [-0.4, -0.2) is 11.2 Å². The summed E-state index contributed by atoms with van der Waals surface area (Å²) in [6, 6.07) is 5.44. The predicted molar refractivity (Wildman–Crippen MR) is 77.3 cm³/mol. The molecule has 0 aliphatic heterocycles. The summed E-state index contributed by atoms with van der Waals surface area (Å²) in [7, 11) is 0. The number of halogens is 2. The van der Waals surface area contributed by atoms with Crippen molar-refractivity contribution in [1.82, 2.24) is 0 Å². The van der Waals surface area contributed by atoms with E-state index in [4.69, 9.17) is 23.2 Å². The minimum atomic E-state index is -0.302. The summed E-state index contributed by atoms with van der Waals surface area (Å²) < 4.78 is 0. The fourth-order valence-electron chi connectivity index (χ4n) is 2.92. The van der Waals surface area contributed by atoms with Crippen molar-refractivity contribution in [3.8, 4) is 0 Å². The molecule has 0 bridgehead atoms. The largest absolute Gasteiger partial charge is 0.392 e. The lowest BCUT2D eigenvalue weighted by atomic mass is 9.78. The molecular formula is C15H20Cl2O. The maximum absolute atomic E-state index is 10.4. The zero-order valence-corrected chi connectivity index (χ0v) is 12.2. The third-order valence-corrected chi connectivity index (χ3v) is 4.56. The summed E-state index contributed by atoms with van der Waals surface area (Å²) in [5, 5.41) is 11.7. The molecule has 1 fully saturated rings. The van der Waals surface area contributed by atoms with Gasteiger partial charge in [-0.2, -0.15) is 0 Å². The number of rotatable bonds is 3. The van der Waals surface area contributed by atoms with E-state index >= 15 is 0 Å². The lowest BCUT2D eigenvalue weighted by Crippen LogP contribution is -2.27. The van der Waals surface area contributed by atoms with E-state index in [-0.39, 0.29) is 6.10 Å². The Labute approximate surface area is 119 Å². The molecule has 1 N–H and O–H groups in total. The van der Waals surface area contributed by atoms with E-state index in [9.17, 15) is 5.11 Å². The van der Waals surface area contributed by atoms with Crippen LogP contribution in [0.5, 0.6) is 0 Å². The van der Waals surface area contributed by atoms with Crippen molar-refractivity contribution in [2.45, 2.75) is 45.1 Å². The zero-order valence-electron chi connectivity index (χ0n) is 10.7.